The fourth-order valence-corrected chi connectivity index (χ4v) is 2.33. The third kappa shape index (κ3) is 4.53. The third-order valence-electron chi connectivity index (χ3n) is 3.26. The van der Waals surface area contributed by atoms with Crippen molar-refractivity contribution in [1.29, 1.82) is 0 Å². The number of carbonyl (C=O) groups excluding carboxylic acids is 2. The molecule has 2 aromatic carbocycles. The third-order valence-corrected chi connectivity index (χ3v) is 3.57. The minimum absolute atomic E-state index is 0.000707. The number of aryl methyl sites for hydroxylation is 1. The van der Waals surface area contributed by atoms with Crippen molar-refractivity contribution < 1.29 is 14.0 Å². The van der Waals surface area contributed by atoms with E-state index in [1.54, 1.807) is 6.07 Å². The van der Waals surface area contributed by atoms with Gasteiger partial charge in [-0.1, -0.05) is 36.7 Å². The Balaban J connectivity index is 1.95. The van der Waals surface area contributed by atoms with E-state index in [9.17, 15) is 14.0 Å². The molecule has 2 rings (SSSR count). The Bertz CT molecular complexity index is 734. The first-order valence-electron chi connectivity index (χ1n) is 7.12. The molecule has 0 fully saturated rings. The molecule has 0 atom stereocenters. The van der Waals surface area contributed by atoms with Gasteiger partial charge in [0.25, 0.3) is 5.91 Å². The standard InChI is InChI=1S/C17H16ClFN2O2/c1-2-11-5-3-4-6-15(11)21-16(22)10-20-17(23)13-8-7-12(19)9-14(13)18/h3-9H,2,10H2,1H3,(H,20,23)(H,21,22). The summed E-state index contributed by atoms with van der Waals surface area (Å²) < 4.78 is 13.0. The second-order valence-electron chi connectivity index (χ2n) is 4.87. The SMILES string of the molecule is CCc1ccccc1NC(=O)CNC(=O)c1ccc(F)cc1Cl. The molecule has 0 aromatic heterocycles. The van der Waals surface area contributed by atoms with Crippen molar-refractivity contribution in [3.05, 3.63) is 64.4 Å². The normalized spacial score (nSPS) is 10.2. The molecule has 2 aromatic rings. The molecule has 6 heteroatoms. The molecule has 0 spiro atoms. The summed E-state index contributed by atoms with van der Waals surface area (Å²) in [4.78, 5) is 23.9. The van der Waals surface area contributed by atoms with E-state index in [4.69, 9.17) is 11.6 Å². The maximum atomic E-state index is 13.0. The summed E-state index contributed by atoms with van der Waals surface area (Å²) in [6, 6.07) is 10.9. The molecule has 120 valence electrons. The summed E-state index contributed by atoms with van der Waals surface area (Å²) >= 11 is 5.81. The summed E-state index contributed by atoms with van der Waals surface area (Å²) in [5.74, 6) is -1.41. The summed E-state index contributed by atoms with van der Waals surface area (Å²) in [6.07, 6.45) is 0.786. The van der Waals surface area contributed by atoms with E-state index in [1.807, 2.05) is 25.1 Å². The Hall–Kier alpha value is -2.40. The van der Waals surface area contributed by atoms with Crippen LogP contribution in [-0.2, 0) is 11.2 Å². The number of carbonyl (C=O) groups is 2. The highest BCUT2D eigenvalue weighted by molar-refractivity contribution is 6.33. The van der Waals surface area contributed by atoms with Crippen LogP contribution in [0.25, 0.3) is 0 Å². The lowest BCUT2D eigenvalue weighted by atomic mass is 10.1. The van der Waals surface area contributed by atoms with Crippen molar-refractivity contribution in [2.24, 2.45) is 0 Å². The highest BCUT2D eigenvalue weighted by Crippen LogP contribution is 2.17. The van der Waals surface area contributed by atoms with E-state index in [2.05, 4.69) is 10.6 Å². The molecule has 0 aliphatic heterocycles. The number of halogens is 2. The van der Waals surface area contributed by atoms with Gasteiger partial charge in [-0.05, 0) is 36.2 Å². The van der Waals surface area contributed by atoms with Gasteiger partial charge in [-0.3, -0.25) is 9.59 Å². The molecule has 0 saturated heterocycles. The average Bonchev–Trinajstić information content (AvgIpc) is 2.53. The van der Waals surface area contributed by atoms with Gasteiger partial charge < -0.3 is 10.6 Å². The van der Waals surface area contributed by atoms with Crippen LogP contribution in [0.4, 0.5) is 10.1 Å². The van der Waals surface area contributed by atoms with Crippen molar-refractivity contribution in [3.63, 3.8) is 0 Å². The highest BCUT2D eigenvalue weighted by atomic mass is 35.5. The van der Waals surface area contributed by atoms with E-state index >= 15 is 0 Å². The summed E-state index contributed by atoms with van der Waals surface area (Å²) in [5.41, 5.74) is 1.85. The molecule has 0 saturated carbocycles. The summed E-state index contributed by atoms with van der Waals surface area (Å²) in [5, 5.41) is 5.20. The summed E-state index contributed by atoms with van der Waals surface area (Å²) in [7, 11) is 0. The maximum Gasteiger partial charge on any atom is 0.253 e. The lowest BCUT2D eigenvalue weighted by Gasteiger charge is -2.10. The molecule has 2 amide bonds. The number of nitrogens with one attached hydrogen (secondary N) is 2. The predicted molar refractivity (Wildman–Crippen MR) is 88.2 cm³/mol. The molecule has 0 aliphatic carbocycles. The Morgan fingerprint density at radius 2 is 1.91 bits per heavy atom. The van der Waals surface area contributed by atoms with E-state index < -0.39 is 11.7 Å². The number of amides is 2. The van der Waals surface area contributed by atoms with E-state index in [0.717, 1.165) is 24.1 Å². The average molecular weight is 335 g/mol. The van der Waals surface area contributed by atoms with Crippen LogP contribution in [0.1, 0.15) is 22.8 Å². The second kappa shape index (κ2) is 7.74. The highest BCUT2D eigenvalue weighted by Gasteiger charge is 2.13. The van der Waals surface area contributed by atoms with Crippen molar-refractivity contribution in [2.45, 2.75) is 13.3 Å². The zero-order valence-electron chi connectivity index (χ0n) is 12.5. The van der Waals surface area contributed by atoms with Gasteiger partial charge in [-0.25, -0.2) is 4.39 Å². The molecule has 23 heavy (non-hydrogen) atoms. The van der Waals surface area contributed by atoms with E-state index in [1.165, 1.54) is 6.07 Å². The lowest BCUT2D eigenvalue weighted by Crippen LogP contribution is -2.33. The van der Waals surface area contributed by atoms with E-state index in [0.29, 0.717) is 5.69 Å². The van der Waals surface area contributed by atoms with Gasteiger partial charge in [0.05, 0.1) is 17.1 Å². The summed E-state index contributed by atoms with van der Waals surface area (Å²) in [6.45, 7) is 1.79. The number of para-hydroxylation sites is 1. The first kappa shape index (κ1) is 17.0. The molecular weight excluding hydrogens is 319 g/mol. The Kier molecular flexibility index (Phi) is 5.71. The van der Waals surface area contributed by atoms with Gasteiger partial charge in [0, 0.05) is 5.69 Å². The van der Waals surface area contributed by atoms with Crippen molar-refractivity contribution >= 4 is 29.1 Å². The first-order valence-corrected chi connectivity index (χ1v) is 7.50. The monoisotopic (exact) mass is 334 g/mol. The molecule has 0 radical (unpaired) electrons. The fraction of sp³-hybridized carbons (Fsp3) is 0.176. The number of benzene rings is 2. The first-order chi connectivity index (χ1) is 11.0. The van der Waals surface area contributed by atoms with Gasteiger partial charge in [0.1, 0.15) is 5.82 Å². The largest absolute Gasteiger partial charge is 0.343 e. The minimum Gasteiger partial charge on any atom is -0.343 e. The van der Waals surface area contributed by atoms with Crippen LogP contribution >= 0.6 is 11.6 Å². The molecule has 0 aliphatic rings. The van der Waals surface area contributed by atoms with E-state index in [-0.39, 0.29) is 23.0 Å². The molecule has 4 nitrogen and oxygen atoms in total. The zero-order valence-corrected chi connectivity index (χ0v) is 13.3. The number of anilines is 1. The number of hydrogen-bond donors (Lipinski definition) is 2. The fourth-order valence-electron chi connectivity index (χ4n) is 2.07. The number of hydrogen-bond acceptors (Lipinski definition) is 2. The zero-order chi connectivity index (χ0) is 16.8. The van der Waals surface area contributed by atoms with Crippen LogP contribution < -0.4 is 10.6 Å². The Morgan fingerprint density at radius 3 is 2.61 bits per heavy atom. The van der Waals surface area contributed by atoms with Gasteiger partial charge in [-0.15, -0.1) is 0 Å². The lowest BCUT2D eigenvalue weighted by molar-refractivity contribution is -0.115. The van der Waals surface area contributed by atoms with Crippen molar-refractivity contribution in [3.8, 4) is 0 Å². The Morgan fingerprint density at radius 1 is 1.17 bits per heavy atom. The molecule has 0 unspecified atom stereocenters. The van der Waals surface area contributed by atoms with Gasteiger partial charge in [0.2, 0.25) is 5.91 Å². The topological polar surface area (TPSA) is 58.2 Å². The maximum absolute atomic E-state index is 13.0. The molecule has 2 N–H and O–H groups in total. The van der Waals surface area contributed by atoms with Crippen LogP contribution in [0.5, 0.6) is 0 Å². The molecular formula is C17H16ClFN2O2. The van der Waals surface area contributed by atoms with Crippen LogP contribution in [0, 0.1) is 5.82 Å². The molecule has 0 heterocycles. The van der Waals surface area contributed by atoms with Gasteiger partial charge in [-0.2, -0.15) is 0 Å². The smallest absolute Gasteiger partial charge is 0.253 e. The van der Waals surface area contributed by atoms with Gasteiger partial charge in [0.15, 0.2) is 0 Å². The minimum atomic E-state index is -0.533. The van der Waals surface area contributed by atoms with Crippen LogP contribution in [0.3, 0.4) is 0 Å². The Labute approximate surface area is 138 Å². The quantitative estimate of drug-likeness (QED) is 0.880. The van der Waals surface area contributed by atoms with Crippen molar-refractivity contribution in [1.82, 2.24) is 5.32 Å². The van der Waals surface area contributed by atoms with Crippen molar-refractivity contribution in [2.75, 3.05) is 11.9 Å². The predicted octanol–water partition coefficient (Wildman–Crippen LogP) is 3.41. The van der Waals surface area contributed by atoms with Crippen LogP contribution in [0.2, 0.25) is 5.02 Å². The molecule has 0 bridgehead atoms. The number of rotatable bonds is 5. The second-order valence-corrected chi connectivity index (χ2v) is 5.27. The van der Waals surface area contributed by atoms with Crippen LogP contribution in [0.15, 0.2) is 42.5 Å². The van der Waals surface area contributed by atoms with Gasteiger partial charge >= 0.3 is 0 Å². The van der Waals surface area contributed by atoms with Crippen LogP contribution in [-0.4, -0.2) is 18.4 Å².